The summed E-state index contributed by atoms with van der Waals surface area (Å²) < 4.78 is 5.23. The third kappa shape index (κ3) is 5.88. The number of ether oxygens (including phenoxy) is 1. The molecule has 10 heteroatoms. The number of halogens is 1. The lowest BCUT2D eigenvalue weighted by Gasteiger charge is -2.21. The summed E-state index contributed by atoms with van der Waals surface area (Å²) in [5, 5.41) is 19.2. The van der Waals surface area contributed by atoms with Crippen molar-refractivity contribution in [3.05, 3.63) is 28.9 Å². The number of aromatic nitrogens is 1. The lowest BCUT2D eigenvalue weighted by atomic mass is 9.92. The Morgan fingerprint density at radius 3 is 2.60 bits per heavy atom. The van der Waals surface area contributed by atoms with Crippen molar-refractivity contribution >= 4 is 40.2 Å². The molecule has 1 aromatic carbocycles. The molecule has 1 aromatic heterocycles. The van der Waals surface area contributed by atoms with Gasteiger partial charge in [0.15, 0.2) is 0 Å². The van der Waals surface area contributed by atoms with Crippen LogP contribution >= 0.6 is 11.6 Å². The standard InChI is InChI=1S/C25H30ClN5O4/c1-25(2)11-15(22(32)31-25)7-16(12-27)28-23(33)19(6-13-4-5-13)30-24(34)20-9-14-8-17(35-3)10-18(26)21(14)29-20/h8-10,13,15-16,19,29H,4-7,11H2,1-3H3,(H,28,33)(H,30,34)(H,31,32)/t15-,16+,19+/m1/s1. The molecule has 0 unspecified atom stereocenters. The van der Waals surface area contributed by atoms with Gasteiger partial charge in [0, 0.05) is 22.9 Å². The number of nitriles is 1. The van der Waals surface area contributed by atoms with Crippen molar-refractivity contribution in [2.75, 3.05) is 7.11 Å². The molecule has 1 aliphatic heterocycles. The highest BCUT2D eigenvalue weighted by Crippen LogP contribution is 2.34. The van der Waals surface area contributed by atoms with Crippen LogP contribution in [-0.2, 0) is 9.59 Å². The van der Waals surface area contributed by atoms with Crippen LogP contribution < -0.4 is 20.7 Å². The van der Waals surface area contributed by atoms with Crippen molar-refractivity contribution < 1.29 is 19.1 Å². The minimum atomic E-state index is -0.829. The van der Waals surface area contributed by atoms with Gasteiger partial charge in [0.2, 0.25) is 11.8 Å². The van der Waals surface area contributed by atoms with Gasteiger partial charge in [-0.25, -0.2) is 0 Å². The maximum Gasteiger partial charge on any atom is 0.268 e. The van der Waals surface area contributed by atoms with E-state index in [-0.39, 0.29) is 29.5 Å². The summed E-state index contributed by atoms with van der Waals surface area (Å²) in [6.45, 7) is 3.86. The highest BCUT2D eigenvalue weighted by molar-refractivity contribution is 6.35. The molecule has 2 aliphatic rings. The number of aromatic amines is 1. The predicted molar refractivity (Wildman–Crippen MR) is 131 cm³/mol. The quantitative estimate of drug-likeness (QED) is 0.420. The van der Waals surface area contributed by atoms with Gasteiger partial charge in [-0.3, -0.25) is 14.4 Å². The molecular formula is C25H30ClN5O4. The molecule has 1 aliphatic carbocycles. The molecule has 35 heavy (non-hydrogen) atoms. The zero-order chi connectivity index (χ0) is 25.3. The molecular weight excluding hydrogens is 470 g/mol. The van der Waals surface area contributed by atoms with E-state index >= 15 is 0 Å². The molecule has 4 rings (SSSR count). The second kappa shape index (κ2) is 9.78. The van der Waals surface area contributed by atoms with E-state index in [0.717, 1.165) is 12.8 Å². The van der Waals surface area contributed by atoms with Gasteiger partial charge in [-0.05, 0) is 51.2 Å². The Kier molecular flexibility index (Phi) is 6.95. The summed E-state index contributed by atoms with van der Waals surface area (Å²) in [6.07, 6.45) is 3.31. The zero-order valence-corrected chi connectivity index (χ0v) is 20.8. The normalized spacial score (nSPS) is 20.5. The summed E-state index contributed by atoms with van der Waals surface area (Å²) in [4.78, 5) is 41.4. The molecule has 9 nitrogen and oxygen atoms in total. The number of rotatable bonds is 9. The second-order valence-electron chi connectivity index (χ2n) is 10.2. The molecule has 0 bridgehead atoms. The number of hydrogen-bond acceptors (Lipinski definition) is 5. The lowest BCUT2D eigenvalue weighted by Crippen LogP contribution is -2.50. The molecule has 4 N–H and O–H groups in total. The van der Waals surface area contributed by atoms with Crippen molar-refractivity contribution in [2.24, 2.45) is 11.8 Å². The topological polar surface area (TPSA) is 136 Å². The van der Waals surface area contributed by atoms with Gasteiger partial charge in [0.25, 0.3) is 5.91 Å². The summed E-state index contributed by atoms with van der Waals surface area (Å²) in [7, 11) is 1.54. The predicted octanol–water partition coefficient (Wildman–Crippen LogP) is 3.04. The fourth-order valence-corrected chi connectivity index (χ4v) is 4.92. The van der Waals surface area contributed by atoms with E-state index in [9.17, 15) is 19.6 Å². The first-order chi connectivity index (χ1) is 16.6. The summed E-state index contributed by atoms with van der Waals surface area (Å²) >= 11 is 6.30. The van der Waals surface area contributed by atoms with Crippen molar-refractivity contribution in [1.82, 2.24) is 20.9 Å². The van der Waals surface area contributed by atoms with Gasteiger partial charge >= 0.3 is 0 Å². The molecule has 1 saturated heterocycles. The molecule has 0 spiro atoms. The van der Waals surface area contributed by atoms with Crippen LogP contribution in [0.1, 0.15) is 56.4 Å². The first kappa shape index (κ1) is 24.9. The number of carbonyl (C=O) groups excluding carboxylic acids is 3. The minimum absolute atomic E-state index is 0.110. The van der Waals surface area contributed by atoms with Crippen LogP contribution in [0.4, 0.5) is 0 Å². The third-order valence-corrected chi connectivity index (χ3v) is 6.90. The highest BCUT2D eigenvalue weighted by Gasteiger charge is 2.39. The Balaban J connectivity index is 1.45. The van der Waals surface area contributed by atoms with Crippen LogP contribution in [0.2, 0.25) is 5.02 Å². The van der Waals surface area contributed by atoms with Crippen molar-refractivity contribution in [3.8, 4) is 11.8 Å². The van der Waals surface area contributed by atoms with Crippen LogP contribution in [0.25, 0.3) is 10.9 Å². The summed E-state index contributed by atoms with van der Waals surface area (Å²) in [6, 6.07) is 5.54. The number of nitrogens with one attached hydrogen (secondary N) is 4. The van der Waals surface area contributed by atoms with Gasteiger partial charge in [-0.15, -0.1) is 0 Å². The van der Waals surface area contributed by atoms with Crippen molar-refractivity contribution in [1.29, 1.82) is 5.26 Å². The van der Waals surface area contributed by atoms with Crippen LogP contribution in [0.5, 0.6) is 5.75 Å². The van der Waals surface area contributed by atoms with E-state index in [0.29, 0.717) is 40.4 Å². The average molecular weight is 500 g/mol. The Morgan fingerprint density at radius 2 is 2.00 bits per heavy atom. The van der Waals surface area contributed by atoms with Gasteiger partial charge in [-0.2, -0.15) is 5.26 Å². The second-order valence-corrected chi connectivity index (χ2v) is 10.6. The molecule has 2 fully saturated rings. The average Bonchev–Trinajstić information content (AvgIpc) is 3.43. The Morgan fingerprint density at radius 1 is 1.26 bits per heavy atom. The summed E-state index contributed by atoms with van der Waals surface area (Å²) in [5.74, 6) is -0.399. The number of benzene rings is 1. The molecule has 1 saturated carbocycles. The SMILES string of the molecule is COc1cc(Cl)c2[nH]c(C(=O)N[C@@H](CC3CC3)C(=O)N[C@H](C#N)C[C@@H]3CC(C)(C)NC3=O)cc2c1. The monoisotopic (exact) mass is 499 g/mol. The van der Waals surface area contributed by atoms with Gasteiger partial charge in [0.05, 0.1) is 23.7 Å². The maximum atomic E-state index is 13.1. The largest absolute Gasteiger partial charge is 0.497 e. The molecule has 3 atom stereocenters. The van der Waals surface area contributed by atoms with Crippen LogP contribution in [0.3, 0.4) is 0 Å². The smallest absolute Gasteiger partial charge is 0.268 e. The van der Waals surface area contributed by atoms with Gasteiger partial charge in [-0.1, -0.05) is 24.4 Å². The molecule has 2 heterocycles. The van der Waals surface area contributed by atoms with Gasteiger partial charge in [0.1, 0.15) is 23.5 Å². The van der Waals surface area contributed by atoms with Crippen molar-refractivity contribution in [3.63, 3.8) is 0 Å². The Labute approximate surface area is 208 Å². The molecule has 0 radical (unpaired) electrons. The van der Waals surface area contributed by atoms with Gasteiger partial charge < -0.3 is 25.7 Å². The lowest BCUT2D eigenvalue weighted by molar-refractivity contribution is -0.125. The van der Waals surface area contributed by atoms with E-state index in [1.807, 2.05) is 13.8 Å². The van der Waals surface area contributed by atoms with Crippen LogP contribution in [-0.4, -0.2) is 47.4 Å². The number of amides is 3. The Bertz CT molecular complexity index is 1200. The third-order valence-electron chi connectivity index (χ3n) is 6.60. The van der Waals surface area contributed by atoms with E-state index in [1.54, 1.807) is 18.2 Å². The number of H-pyrrole nitrogens is 1. The minimum Gasteiger partial charge on any atom is -0.497 e. The first-order valence-corrected chi connectivity index (χ1v) is 12.2. The van der Waals surface area contributed by atoms with E-state index in [2.05, 4.69) is 27.0 Å². The van der Waals surface area contributed by atoms with E-state index < -0.39 is 23.9 Å². The van der Waals surface area contributed by atoms with E-state index in [4.69, 9.17) is 16.3 Å². The maximum absolute atomic E-state index is 13.1. The van der Waals surface area contributed by atoms with Crippen molar-refractivity contribution in [2.45, 2.75) is 63.6 Å². The summed E-state index contributed by atoms with van der Waals surface area (Å²) in [5.41, 5.74) is 0.536. The Hall–Kier alpha value is -3.25. The number of hydrogen-bond donors (Lipinski definition) is 4. The van der Waals surface area contributed by atoms with E-state index in [1.165, 1.54) is 7.11 Å². The van der Waals surface area contributed by atoms with Crippen LogP contribution in [0, 0.1) is 23.2 Å². The highest BCUT2D eigenvalue weighted by atomic mass is 35.5. The molecule has 186 valence electrons. The number of methoxy groups -OCH3 is 1. The molecule has 2 aromatic rings. The molecule has 3 amide bonds. The number of fused-ring (bicyclic) bond motifs is 1. The zero-order valence-electron chi connectivity index (χ0n) is 20.0. The number of nitrogens with zero attached hydrogens (tertiary/aromatic N) is 1. The number of carbonyl (C=O) groups is 3. The fraction of sp³-hybridized carbons (Fsp3) is 0.520. The first-order valence-electron chi connectivity index (χ1n) is 11.8. The van der Waals surface area contributed by atoms with Crippen LogP contribution in [0.15, 0.2) is 18.2 Å². The fourth-order valence-electron chi connectivity index (χ4n) is 4.65.